The van der Waals surface area contributed by atoms with Gasteiger partial charge in [0.2, 0.25) is 0 Å². The largest absolute Gasteiger partial charge is 0.508 e. The van der Waals surface area contributed by atoms with E-state index in [-0.39, 0.29) is 11.5 Å². The van der Waals surface area contributed by atoms with E-state index in [0.717, 1.165) is 0 Å². The van der Waals surface area contributed by atoms with Crippen LogP contribution < -0.4 is 5.32 Å². The fourth-order valence-corrected chi connectivity index (χ4v) is 2.07. The Balaban J connectivity index is 2.23. The van der Waals surface area contributed by atoms with E-state index in [2.05, 4.69) is 5.32 Å². The molecule has 0 atom stereocenters. The van der Waals surface area contributed by atoms with Crippen LogP contribution in [0.1, 0.15) is 5.56 Å². The summed E-state index contributed by atoms with van der Waals surface area (Å²) >= 11 is 16.9. The van der Waals surface area contributed by atoms with Crippen molar-refractivity contribution in [2.24, 2.45) is 0 Å². The van der Waals surface area contributed by atoms with Crippen LogP contribution in [0.15, 0.2) is 36.4 Å². The Bertz CT molecular complexity index is 647. The van der Waals surface area contributed by atoms with Crippen LogP contribution in [0.5, 0.6) is 11.5 Å². The summed E-state index contributed by atoms with van der Waals surface area (Å²) < 4.78 is 0. The summed E-state index contributed by atoms with van der Waals surface area (Å²) in [5, 5.41) is 22.7. The number of benzene rings is 2. The van der Waals surface area contributed by atoms with Crippen LogP contribution in [-0.4, -0.2) is 15.2 Å². The van der Waals surface area contributed by atoms with Crippen molar-refractivity contribution in [3.63, 3.8) is 0 Å². The van der Waals surface area contributed by atoms with Crippen molar-refractivity contribution >= 4 is 46.1 Å². The first-order valence-electron chi connectivity index (χ1n) is 5.26. The first kappa shape index (κ1) is 13.9. The quantitative estimate of drug-likeness (QED) is 0.728. The van der Waals surface area contributed by atoms with Gasteiger partial charge in [-0.1, -0.05) is 35.4 Å². The van der Waals surface area contributed by atoms with E-state index in [4.69, 9.17) is 35.4 Å². The van der Waals surface area contributed by atoms with Gasteiger partial charge in [0, 0.05) is 11.8 Å². The smallest absolute Gasteiger partial charge is 0.129 e. The van der Waals surface area contributed by atoms with Gasteiger partial charge in [0.25, 0.3) is 0 Å². The molecule has 19 heavy (non-hydrogen) atoms. The van der Waals surface area contributed by atoms with E-state index in [9.17, 15) is 10.2 Å². The molecule has 0 aliphatic rings. The number of aromatic hydroxyl groups is 2. The number of phenolic OH excluding ortho intramolecular Hbond substituents is 2. The van der Waals surface area contributed by atoms with Crippen molar-refractivity contribution in [3.8, 4) is 11.5 Å². The van der Waals surface area contributed by atoms with Crippen LogP contribution in [0, 0.1) is 0 Å². The SMILES string of the molecule is Oc1ccc(C(=S)Nc2ccc(Cl)c(Cl)c2)c(O)c1. The Morgan fingerprint density at radius 1 is 1.00 bits per heavy atom. The highest BCUT2D eigenvalue weighted by atomic mass is 35.5. The van der Waals surface area contributed by atoms with E-state index < -0.39 is 0 Å². The third-order valence-corrected chi connectivity index (χ3v) is 3.46. The Kier molecular flexibility index (Phi) is 4.14. The van der Waals surface area contributed by atoms with Crippen LogP contribution in [0.2, 0.25) is 10.0 Å². The summed E-state index contributed by atoms with van der Waals surface area (Å²) in [6, 6.07) is 9.19. The van der Waals surface area contributed by atoms with Crippen LogP contribution in [0.25, 0.3) is 0 Å². The molecule has 98 valence electrons. The average Bonchev–Trinajstić information content (AvgIpc) is 2.33. The fraction of sp³-hybridized carbons (Fsp3) is 0. The van der Waals surface area contributed by atoms with Gasteiger partial charge in [0.05, 0.1) is 15.6 Å². The lowest BCUT2D eigenvalue weighted by Crippen LogP contribution is -2.10. The van der Waals surface area contributed by atoms with Gasteiger partial charge in [0.15, 0.2) is 0 Å². The van der Waals surface area contributed by atoms with Crippen LogP contribution in [0.3, 0.4) is 0 Å². The van der Waals surface area contributed by atoms with E-state index >= 15 is 0 Å². The van der Waals surface area contributed by atoms with Gasteiger partial charge >= 0.3 is 0 Å². The molecular weight excluding hydrogens is 305 g/mol. The van der Waals surface area contributed by atoms with Gasteiger partial charge in [-0.3, -0.25) is 0 Å². The number of nitrogens with one attached hydrogen (secondary N) is 1. The van der Waals surface area contributed by atoms with Gasteiger partial charge in [-0.15, -0.1) is 0 Å². The second-order valence-electron chi connectivity index (χ2n) is 3.78. The summed E-state index contributed by atoms with van der Waals surface area (Å²) in [7, 11) is 0. The number of anilines is 1. The normalized spacial score (nSPS) is 10.2. The molecular formula is C13H9Cl2NO2S. The first-order chi connectivity index (χ1) is 8.97. The van der Waals surface area contributed by atoms with Crippen molar-refractivity contribution in [2.45, 2.75) is 0 Å². The van der Waals surface area contributed by atoms with Gasteiger partial charge in [-0.2, -0.15) is 0 Å². The number of hydrogen-bond donors (Lipinski definition) is 3. The molecule has 3 nitrogen and oxygen atoms in total. The Labute approximate surface area is 125 Å². The lowest BCUT2D eigenvalue weighted by Gasteiger charge is -2.10. The summed E-state index contributed by atoms with van der Waals surface area (Å²) in [6.07, 6.45) is 0. The molecule has 0 saturated heterocycles. The van der Waals surface area contributed by atoms with Crippen molar-refractivity contribution in [1.82, 2.24) is 0 Å². The molecule has 0 fully saturated rings. The zero-order chi connectivity index (χ0) is 14.0. The van der Waals surface area contributed by atoms with Crippen molar-refractivity contribution in [2.75, 3.05) is 5.32 Å². The van der Waals surface area contributed by atoms with Gasteiger partial charge in [-0.25, -0.2) is 0 Å². The van der Waals surface area contributed by atoms with E-state index in [1.165, 1.54) is 18.2 Å². The maximum atomic E-state index is 9.70. The lowest BCUT2D eigenvalue weighted by molar-refractivity contribution is 0.450. The fourth-order valence-electron chi connectivity index (χ4n) is 1.48. The molecule has 6 heteroatoms. The molecule has 0 aliphatic carbocycles. The third-order valence-electron chi connectivity index (χ3n) is 2.40. The molecule has 3 N–H and O–H groups in total. The number of rotatable bonds is 2. The first-order valence-corrected chi connectivity index (χ1v) is 6.42. The molecule has 0 radical (unpaired) electrons. The molecule has 2 aromatic rings. The van der Waals surface area contributed by atoms with E-state index in [1.807, 2.05) is 0 Å². The second-order valence-corrected chi connectivity index (χ2v) is 5.01. The molecule has 0 aliphatic heterocycles. The number of halogens is 2. The summed E-state index contributed by atoms with van der Waals surface area (Å²) in [4.78, 5) is 0.316. The number of hydrogen-bond acceptors (Lipinski definition) is 3. The minimum Gasteiger partial charge on any atom is -0.508 e. The van der Waals surface area contributed by atoms with Gasteiger partial charge in [-0.05, 0) is 30.3 Å². The van der Waals surface area contributed by atoms with Crippen molar-refractivity contribution < 1.29 is 10.2 Å². The monoisotopic (exact) mass is 313 g/mol. The average molecular weight is 314 g/mol. The highest BCUT2D eigenvalue weighted by molar-refractivity contribution is 7.81. The highest BCUT2D eigenvalue weighted by Gasteiger charge is 2.09. The maximum absolute atomic E-state index is 9.70. The summed E-state index contributed by atoms with van der Waals surface area (Å²) in [5.74, 6) is -0.129. The third kappa shape index (κ3) is 3.29. The number of phenols is 2. The standard InChI is InChI=1S/C13H9Cl2NO2S/c14-10-4-1-7(5-11(10)15)16-13(19)9-3-2-8(17)6-12(9)18/h1-6,17-18H,(H,16,19). The minimum absolute atomic E-state index is 0.0291. The predicted molar refractivity (Wildman–Crippen MR) is 81.6 cm³/mol. The van der Waals surface area contributed by atoms with Crippen molar-refractivity contribution in [3.05, 3.63) is 52.0 Å². The highest BCUT2D eigenvalue weighted by Crippen LogP contribution is 2.27. The molecule has 0 aromatic heterocycles. The Hall–Kier alpha value is -1.49. The Morgan fingerprint density at radius 2 is 1.74 bits per heavy atom. The van der Waals surface area contributed by atoms with Gasteiger partial charge in [0.1, 0.15) is 16.5 Å². The zero-order valence-electron chi connectivity index (χ0n) is 9.52. The molecule has 2 aromatic carbocycles. The lowest BCUT2D eigenvalue weighted by atomic mass is 10.2. The summed E-state index contributed by atoms with van der Waals surface area (Å²) in [6.45, 7) is 0. The van der Waals surface area contributed by atoms with Crippen LogP contribution in [0.4, 0.5) is 5.69 Å². The molecule has 0 heterocycles. The summed E-state index contributed by atoms with van der Waals surface area (Å²) in [5.41, 5.74) is 1.07. The van der Waals surface area contributed by atoms with Gasteiger partial charge < -0.3 is 15.5 Å². The molecule has 0 bridgehead atoms. The van der Waals surface area contributed by atoms with E-state index in [1.54, 1.807) is 18.2 Å². The molecule has 2 rings (SSSR count). The van der Waals surface area contributed by atoms with Crippen LogP contribution in [-0.2, 0) is 0 Å². The zero-order valence-corrected chi connectivity index (χ0v) is 11.9. The topological polar surface area (TPSA) is 52.5 Å². The van der Waals surface area contributed by atoms with E-state index in [0.29, 0.717) is 26.3 Å². The van der Waals surface area contributed by atoms with Crippen LogP contribution >= 0.6 is 35.4 Å². The minimum atomic E-state index is -0.0995. The molecule has 0 amide bonds. The molecule has 0 spiro atoms. The molecule has 0 saturated carbocycles. The maximum Gasteiger partial charge on any atom is 0.129 e. The Morgan fingerprint density at radius 3 is 2.37 bits per heavy atom. The molecule has 0 unspecified atom stereocenters. The van der Waals surface area contributed by atoms with Crippen molar-refractivity contribution in [1.29, 1.82) is 0 Å². The predicted octanol–water partition coefficient (Wildman–Crippen LogP) is 4.19. The number of thiocarbonyl (C=S) groups is 1. The second kappa shape index (κ2) is 5.65.